The molecule has 2 saturated heterocycles. The first-order valence-corrected chi connectivity index (χ1v) is 15.1. The Hall–Kier alpha value is -3.42. The Morgan fingerprint density at radius 1 is 0.935 bits per heavy atom. The third-order valence-corrected chi connectivity index (χ3v) is 11.1. The number of hydrogen-bond donors (Lipinski definition) is 1. The summed E-state index contributed by atoms with van der Waals surface area (Å²) < 4.78 is 78.0. The van der Waals surface area contributed by atoms with E-state index in [0.29, 0.717) is 6.42 Å². The van der Waals surface area contributed by atoms with Crippen LogP contribution in [0.15, 0.2) is 23.8 Å². The van der Waals surface area contributed by atoms with E-state index in [9.17, 15) is 37.5 Å². The molecule has 6 unspecified atom stereocenters. The maximum absolute atomic E-state index is 15.1. The van der Waals surface area contributed by atoms with Crippen molar-refractivity contribution in [3.63, 3.8) is 0 Å². The quantitative estimate of drug-likeness (QED) is 0.107. The Morgan fingerprint density at radius 2 is 1.54 bits per heavy atom. The van der Waals surface area contributed by atoms with E-state index in [1.165, 1.54) is 19.2 Å². The summed E-state index contributed by atoms with van der Waals surface area (Å²) in [6.07, 6.45) is 1.39. The number of anilines is 1. The van der Waals surface area contributed by atoms with E-state index in [-0.39, 0.29) is 39.8 Å². The molecule has 16 heteroatoms. The van der Waals surface area contributed by atoms with Gasteiger partial charge in [-0.25, -0.2) is 26.9 Å². The number of amides is 4. The molecule has 46 heavy (non-hydrogen) atoms. The van der Waals surface area contributed by atoms with Gasteiger partial charge in [-0.1, -0.05) is 30.2 Å². The Labute approximate surface area is 272 Å². The van der Waals surface area contributed by atoms with Crippen LogP contribution in [0.4, 0.5) is 27.6 Å². The Morgan fingerprint density at radius 3 is 2.13 bits per heavy atom. The fourth-order valence-corrected chi connectivity index (χ4v) is 8.52. The lowest BCUT2D eigenvalue weighted by molar-refractivity contribution is -0.140. The number of hydrogen-bond acceptors (Lipinski definition) is 6. The molecule has 0 bridgehead atoms. The van der Waals surface area contributed by atoms with Gasteiger partial charge in [0.05, 0.1) is 24.0 Å². The lowest BCUT2D eigenvalue weighted by Crippen LogP contribution is -2.60. The van der Waals surface area contributed by atoms with Crippen molar-refractivity contribution in [2.75, 3.05) is 18.6 Å². The minimum absolute atomic E-state index is 0.00308. The molecule has 2 heterocycles. The number of nitrogens with zero attached hydrogens (tertiary/aromatic N) is 2. The first-order valence-electron chi connectivity index (χ1n) is 14.0. The van der Waals surface area contributed by atoms with E-state index in [4.69, 9.17) is 39.5 Å². The number of ether oxygens (including phenoxy) is 1. The maximum Gasteiger partial charge on any atom is 0.258 e. The second-order valence-electron chi connectivity index (χ2n) is 11.6. The summed E-state index contributed by atoms with van der Waals surface area (Å²) >= 11 is 20.4. The van der Waals surface area contributed by atoms with E-state index in [0.717, 1.165) is 4.90 Å². The van der Waals surface area contributed by atoms with Gasteiger partial charge in [-0.15, -0.1) is 23.2 Å². The predicted molar refractivity (Wildman–Crippen MR) is 153 cm³/mol. The molecule has 3 fully saturated rings. The van der Waals surface area contributed by atoms with Crippen molar-refractivity contribution in [3.8, 4) is 11.5 Å². The Kier molecular flexibility index (Phi) is 7.64. The zero-order valence-electron chi connectivity index (χ0n) is 23.8. The van der Waals surface area contributed by atoms with Gasteiger partial charge in [0.25, 0.3) is 11.8 Å². The van der Waals surface area contributed by atoms with Crippen molar-refractivity contribution in [2.45, 2.75) is 41.9 Å². The molecule has 4 aliphatic rings. The Balaban J connectivity index is 1.62. The van der Waals surface area contributed by atoms with Crippen LogP contribution in [0.1, 0.15) is 37.7 Å². The van der Waals surface area contributed by atoms with E-state index in [2.05, 4.69) is 0 Å². The topological polar surface area (TPSA) is 104 Å². The molecule has 1 N–H and O–H groups in total. The molecule has 244 valence electrons. The summed E-state index contributed by atoms with van der Waals surface area (Å²) in [5, 5.41) is 10.1. The molecule has 8 nitrogen and oxygen atoms in total. The van der Waals surface area contributed by atoms with Gasteiger partial charge in [0.15, 0.2) is 44.5 Å². The Bertz CT molecular complexity index is 1780. The predicted octanol–water partition coefficient (Wildman–Crippen LogP) is 5.72. The highest BCUT2D eigenvalue weighted by molar-refractivity contribution is 6.58. The number of likely N-dealkylation sites (tertiary alicyclic amines) is 1. The van der Waals surface area contributed by atoms with Crippen LogP contribution < -0.4 is 9.64 Å². The number of imide groups is 2. The number of carbonyl (C=O) groups is 4. The highest BCUT2D eigenvalue weighted by Gasteiger charge is 2.77. The molecule has 2 aromatic carbocycles. The van der Waals surface area contributed by atoms with Crippen molar-refractivity contribution in [2.24, 2.45) is 17.8 Å². The third-order valence-electron chi connectivity index (χ3n) is 9.36. The zero-order valence-corrected chi connectivity index (χ0v) is 26.0. The normalized spacial score (nSPS) is 30.4. The lowest BCUT2D eigenvalue weighted by atomic mass is 9.56. The first kappa shape index (κ1) is 32.5. The highest BCUT2D eigenvalue weighted by atomic mass is 35.5. The van der Waals surface area contributed by atoms with Gasteiger partial charge in [0, 0.05) is 12.5 Å². The van der Waals surface area contributed by atoms with Crippen LogP contribution in [0.25, 0.3) is 0 Å². The van der Waals surface area contributed by atoms with Gasteiger partial charge in [0.2, 0.25) is 17.6 Å². The molecular weight excluding hydrogens is 686 g/mol. The second kappa shape index (κ2) is 10.8. The van der Waals surface area contributed by atoms with Gasteiger partial charge in [0.1, 0.15) is 5.69 Å². The van der Waals surface area contributed by atoms with E-state index < -0.39 is 104 Å². The van der Waals surface area contributed by atoms with Crippen molar-refractivity contribution in [1.29, 1.82) is 0 Å². The second-order valence-corrected chi connectivity index (χ2v) is 13.2. The number of halogens is 8. The summed E-state index contributed by atoms with van der Waals surface area (Å²) in [5.41, 5.74) is -1.63. The molecule has 2 aliphatic carbocycles. The lowest BCUT2D eigenvalue weighted by Gasteiger charge is -2.50. The number of alkyl halides is 2. The average Bonchev–Trinajstić information content (AvgIpc) is 3.35. The number of phenolic OH excluding ortho intramolecular Hbond substituents is 1. The fraction of sp³-hybridized carbons (Fsp3) is 0.400. The minimum Gasteiger partial charge on any atom is -0.503 e. The molecule has 6 atom stereocenters. The van der Waals surface area contributed by atoms with Crippen LogP contribution in [0.2, 0.25) is 5.02 Å². The number of allylic oxidation sites excluding steroid dienone is 2. The number of methoxy groups -OCH3 is 1. The molecule has 2 aromatic rings. The van der Waals surface area contributed by atoms with E-state index >= 15 is 8.78 Å². The van der Waals surface area contributed by atoms with Gasteiger partial charge >= 0.3 is 0 Å². The fourth-order valence-electron chi connectivity index (χ4n) is 7.37. The van der Waals surface area contributed by atoms with Crippen LogP contribution in [0, 0.1) is 46.8 Å². The van der Waals surface area contributed by atoms with Gasteiger partial charge in [-0.3, -0.25) is 24.1 Å². The number of benzene rings is 2. The summed E-state index contributed by atoms with van der Waals surface area (Å²) in [6, 6.07) is 2.39. The van der Waals surface area contributed by atoms with Crippen molar-refractivity contribution in [3.05, 3.63) is 63.5 Å². The van der Waals surface area contributed by atoms with Crippen LogP contribution in [0.5, 0.6) is 11.5 Å². The van der Waals surface area contributed by atoms with Gasteiger partial charge in [-0.2, -0.15) is 0 Å². The maximum atomic E-state index is 15.1. The number of phenols is 1. The molecule has 4 amide bonds. The van der Waals surface area contributed by atoms with Crippen molar-refractivity contribution in [1.82, 2.24) is 4.90 Å². The smallest absolute Gasteiger partial charge is 0.258 e. The van der Waals surface area contributed by atoms with Gasteiger partial charge in [-0.05, 0) is 42.9 Å². The number of fused-ring (bicyclic) bond motifs is 4. The molecule has 0 aromatic heterocycles. The van der Waals surface area contributed by atoms with Crippen LogP contribution >= 0.6 is 34.8 Å². The SMILES string of the molecule is CCCN1C(=O)C2CC=C3C(CC4(Cl)C(=O)N(c5c(F)c(F)c(F)c(F)c5F)C(=O)C4(Cl)C3c3cc(Cl)c(O)c(OC)c3)C2C1=O. The first-order chi connectivity index (χ1) is 21.6. The molecular formula is C30H22Cl3F5N2O6. The number of rotatable bonds is 5. The molecule has 2 aliphatic heterocycles. The summed E-state index contributed by atoms with van der Waals surface area (Å²) in [4.78, 5) is 50.8. The molecule has 6 rings (SSSR count). The van der Waals surface area contributed by atoms with E-state index in [1.54, 1.807) is 13.0 Å². The molecule has 1 saturated carbocycles. The standard InChI is InChI=1S/C30H22Cl3F5N2O6/c1-3-6-39-25(42)12-5-4-11-13(16(12)26(39)43)9-29(32)27(44)40(23-21(37)19(35)18(34)20(36)22(23)38)28(45)30(29,33)17(11)10-7-14(31)24(41)15(8-10)46-2/h4,7-8,12-13,16-17,41H,3,5-6,9H2,1-2H3. The van der Waals surface area contributed by atoms with Crippen LogP contribution in [0.3, 0.4) is 0 Å². The average molecular weight is 708 g/mol. The summed E-state index contributed by atoms with van der Waals surface area (Å²) in [5.74, 6) is -21.9. The largest absolute Gasteiger partial charge is 0.503 e. The molecule has 0 spiro atoms. The van der Waals surface area contributed by atoms with Crippen LogP contribution in [-0.2, 0) is 19.2 Å². The monoisotopic (exact) mass is 706 g/mol. The number of carbonyl (C=O) groups excluding carboxylic acids is 4. The van der Waals surface area contributed by atoms with Crippen LogP contribution in [-0.4, -0.2) is 57.0 Å². The molecule has 0 radical (unpaired) electrons. The third kappa shape index (κ3) is 3.97. The summed E-state index contributed by atoms with van der Waals surface area (Å²) in [6.45, 7) is 1.87. The highest BCUT2D eigenvalue weighted by Crippen LogP contribution is 2.66. The van der Waals surface area contributed by atoms with Crippen molar-refractivity contribution >= 4 is 64.1 Å². The zero-order chi connectivity index (χ0) is 33.8. The summed E-state index contributed by atoms with van der Waals surface area (Å²) in [7, 11) is 1.19. The minimum atomic E-state index is -2.72. The van der Waals surface area contributed by atoms with E-state index in [1.807, 2.05) is 0 Å². The van der Waals surface area contributed by atoms with Crippen molar-refractivity contribution < 1.29 is 51.0 Å². The number of aromatic hydroxyl groups is 1. The van der Waals surface area contributed by atoms with Gasteiger partial charge < -0.3 is 9.84 Å².